The third-order valence-electron chi connectivity index (χ3n) is 6.68. The molecule has 4 aromatic rings. The maximum atomic E-state index is 14.5. The Morgan fingerprint density at radius 3 is 2.21 bits per heavy atom. The second-order valence-electron chi connectivity index (χ2n) is 8.60. The van der Waals surface area contributed by atoms with Crippen molar-refractivity contribution >= 4 is 27.3 Å². The van der Waals surface area contributed by atoms with Crippen LogP contribution < -0.4 is 0 Å². The van der Waals surface area contributed by atoms with Crippen LogP contribution in [0, 0.1) is 34.6 Å². The number of hydrogen-bond acceptors (Lipinski definition) is 4. The van der Waals surface area contributed by atoms with E-state index >= 15 is 0 Å². The van der Waals surface area contributed by atoms with Gasteiger partial charge < -0.3 is 0 Å². The van der Waals surface area contributed by atoms with E-state index in [4.69, 9.17) is 5.10 Å². The maximum Gasteiger partial charge on any atom is 0.428 e. The molecule has 2 atom stereocenters. The molecule has 0 radical (unpaired) electrons. The van der Waals surface area contributed by atoms with Crippen LogP contribution in [0.4, 0.5) is 17.6 Å². The summed E-state index contributed by atoms with van der Waals surface area (Å²) in [5.74, 6) is 0.643. The van der Waals surface area contributed by atoms with Crippen molar-refractivity contribution in [1.82, 2.24) is 24.1 Å². The molecule has 6 nitrogen and oxygen atoms in total. The molecule has 0 spiro atoms. The minimum Gasteiger partial charge on any atom is -0.285 e. The van der Waals surface area contributed by atoms with Crippen molar-refractivity contribution in [3.63, 3.8) is 0 Å². The van der Waals surface area contributed by atoms with Crippen LogP contribution in [0.1, 0.15) is 47.5 Å². The molecule has 0 aliphatic carbocycles. The predicted octanol–water partition coefficient (Wildman–Crippen LogP) is 5.48. The fraction of sp³-hybridized carbons (Fsp3) is 0.435. The average Bonchev–Trinajstić information content (AvgIpc) is 3.33. The Hall–Kier alpha value is -2.82. The van der Waals surface area contributed by atoms with Crippen molar-refractivity contribution in [3.05, 3.63) is 46.0 Å². The fourth-order valence-corrected chi connectivity index (χ4v) is 5.14. The van der Waals surface area contributed by atoms with Crippen LogP contribution in [0.3, 0.4) is 0 Å². The Kier molecular flexibility index (Phi) is 5.62. The summed E-state index contributed by atoms with van der Waals surface area (Å²) >= 11 is 0. The van der Waals surface area contributed by atoms with E-state index in [1.54, 1.807) is 13.8 Å². The highest BCUT2D eigenvalue weighted by Crippen LogP contribution is 2.41. The molecule has 0 saturated carbocycles. The monoisotopic (exact) mass is 495 g/mol. The SMILES string of the molecule is CCS(=O)c1c2c(C)c(C)c(C)c(C)c2nn1-c1nc2cc(C(C)(F)C(F)(F)F)ncn2c1C. The molecule has 0 aliphatic heterocycles. The standard InChI is InChI=1S/C23H25F4N5OS/c1-8-34(33)21-18-13(4)11(2)12(3)14(5)19(18)30-32(21)20-15(6)31-10-28-16(9-17(31)29-20)22(7,24)23(25,26)27/h9-10H,8H2,1-7H3. The first-order valence-corrected chi connectivity index (χ1v) is 12.0. The average molecular weight is 496 g/mol. The molecule has 0 bridgehead atoms. The molecule has 0 aliphatic rings. The van der Waals surface area contributed by atoms with Gasteiger partial charge in [0.2, 0.25) is 5.67 Å². The molecule has 182 valence electrons. The first kappa shape index (κ1) is 24.3. The summed E-state index contributed by atoms with van der Waals surface area (Å²) in [7, 11) is -1.41. The van der Waals surface area contributed by atoms with Gasteiger partial charge in [0.25, 0.3) is 0 Å². The minimum absolute atomic E-state index is 0.0826. The summed E-state index contributed by atoms with van der Waals surface area (Å²) in [6, 6.07) is 0.981. The molecule has 0 fully saturated rings. The molecular weight excluding hydrogens is 470 g/mol. The second kappa shape index (κ2) is 7.86. The zero-order chi connectivity index (χ0) is 25.3. The zero-order valence-electron chi connectivity index (χ0n) is 19.9. The van der Waals surface area contributed by atoms with E-state index in [1.165, 1.54) is 9.08 Å². The zero-order valence-corrected chi connectivity index (χ0v) is 20.7. The summed E-state index contributed by atoms with van der Waals surface area (Å²) in [6.45, 7) is 11.9. The first-order valence-electron chi connectivity index (χ1n) is 10.7. The van der Waals surface area contributed by atoms with Crippen LogP contribution in [0.2, 0.25) is 0 Å². The topological polar surface area (TPSA) is 65.1 Å². The van der Waals surface area contributed by atoms with Crippen molar-refractivity contribution < 1.29 is 21.8 Å². The third kappa shape index (κ3) is 3.35. The van der Waals surface area contributed by atoms with E-state index in [1.807, 2.05) is 27.7 Å². The summed E-state index contributed by atoms with van der Waals surface area (Å²) < 4.78 is 70.3. The van der Waals surface area contributed by atoms with Gasteiger partial charge in [0, 0.05) is 17.2 Å². The van der Waals surface area contributed by atoms with Crippen molar-refractivity contribution in [2.75, 3.05) is 5.75 Å². The van der Waals surface area contributed by atoms with E-state index in [0.29, 0.717) is 34.7 Å². The largest absolute Gasteiger partial charge is 0.428 e. The van der Waals surface area contributed by atoms with Crippen LogP contribution >= 0.6 is 0 Å². The van der Waals surface area contributed by atoms with Gasteiger partial charge in [-0.3, -0.25) is 8.61 Å². The first-order chi connectivity index (χ1) is 15.7. The molecule has 4 rings (SSSR count). The number of imidazole rings is 1. The summed E-state index contributed by atoms with van der Waals surface area (Å²) in [5, 5.41) is 6.01. The highest BCUT2D eigenvalue weighted by atomic mass is 32.2. The van der Waals surface area contributed by atoms with Crippen LogP contribution in [-0.2, 0) is 16.5 Å². The van der Waals surface area contributed by atoms with Crippen molar-refractivity contribution in [1.29, 1.82) is 0 Å². The molecular formula is C23H25F4N5OS. The number of hydrogen-bond donors (Lipinski definition) is 0. The number of alkyl halides is 4. The molecule has 1 aromatic carbocycles. The van der Waals surface area contributed by atoms with Crippen LogP contribution in [-0.4, -0.2) is 40.3 Å². The third-order valence-corrected chi connectivity index (χ3v) is 8.02. The van der Waals surface area contributed by atoms with Gasteiger partial charge in [-0.05, 0) is 63.8 Å². The van der Waals surface area contributed by atoms with Crippen LogP contribution in [0.25, 0.3) is 22.4 Å². The predicted molar refractivity (Wildman–Crippen MR) is 123 cm³/mol. The van der Waals surface area contributed by atoms with E-state index in [0.717, 1.165) is 40.0 Å². The number of aryl methyl sites for hydroxylation is 3. The minimum atomic E-state index is -5.13. The number of nitrogens with zero attached hydrogens (tertiary/aromatic N) is 5. The Bertz CT molecular complexity index is 1480. The van der Waals surface area contributed by atoms with Gasteiger partial charge in [-0.1, -0.05) is 6.92 Å². The van der Waals surface area contributed by atoms with Gasteiger partial charge in [-0.2, -0.15) is 18.3 Å². The summed E-state index contributed by atoms with van der Waals surface area (Å²) in [4.78, 5) is 8.19. The fourth-order valence-electron chi connectivity index (χ4n) is 4.07. The lowest BCUT2D eigenvalue weighted by atomic mass is 9.96. The van der Waals surface area contributed by atoms with Gasteiger partial charge >= 0.3 is 6.18 Å². The van der Waals surface area contributed by atoms with E-state index in [2.05, 4.69) is 9.97 Å². The second-order valence-corrected chi connectivity index (χ2v) is 10.3. The van der Waals surface area contributed by atoms with Gasteiger partial charge in [0.1, 0.15) is 17.0 Å². The summed E-state index contributed by atoms with van der Waals surface area (Å²) in [5.41, 5.74) is 0.956. The Morgan fingerprint density at radius 1 is 1.00 bits per heavy atom. The molecule has 34 heavy (non-hydrogen) atoms. The molecule has 0 amide bonds. The van der Waals surface area contributed by atoms with Gasteiger partial charge in [0.05, 0.1) is 27.7 Å². The smallest absolute Gasteiger partial charge is 0.285 e. The van der Waals surface area contributed by atoms with E-state index in [9.17, 15) is 21.8 Å². The number of halogens is 4. The Labute approximate surface area is 196 Å². The maximum absolute atomic E-state index is 14.5. The normalized spacial score (nSPS) is 15.3. The number of rotatable bonds is 4. The molecule has 2 unspecified atom stereocenters. The van der Waals surface area contributed by atoms with Gasteiger partial charge in [-0.25, -0.2) is 19.0 Å². The lowest BCUT2D eigenvalue weighted by molar-refractivity contribution is -0.230. The highest BCUT2D eigenvalue weighted by molar-refractivity contribution is 7.85. The Morgan fingerprint density at radius 2 is 1.62 bits per heavy atom. The molecule has 11 heteroatoms. The molecule has 3 heterocycles. The van der Waals surface area contributed by atoms with Gasteiger partial charge in [0.15, 0.2) is 5.82 Å². The van der Waals surface area contributed by atoms with Crippen molar-refractivity contribution in [2.24, 2.45) is 0 Å². The molecule has 0 saturated heterocycles. The number of fused-ring (bicyclic) bond motifs is 2. The number of benzene rings is 1. The van der Waals surface area contributed by atoms with E-state index < -0.39 is 28.3 Å². The summed E-state index contributed by atoms with van der Waals surface area (Å²) in [6.07, 6.45) is -4.01. The van der Waals surface area contributed by atoms with Crippen LogP contribution in [0.15, 0.2) is 17.4 Å². The van der Waals surface area contributed by atoms with E-state index in [-0.39, 0.29) is 5.65 Å². The Balaban J connectivity index is 2.05. The molecule has 0 N–H and O–H groups in total. The lowest BCUT2D eigenvalue weighted by Crippen LogP contribution is -2.35. The highest BCUT2D eigenvalue weighted by Gasteiger charge is 2.54. The number of aromatic nitrogens is 5. The van der Waals surface area contributed by atoms with Crippen LogP contribution in [0.5, 0.6) is 0 Å². The quantitative estimate of drug-likeness (QED) is 0.352. The van der Waals surface area contributed by atoms with Crippen molar-refractivity contribution in [2.45, 2.75) is 65.3 Å². The lowest BCUT2D eigenvalue weighted by Gasteiger charge is -2.22. The van der Waals surface area contributed by atoms with Crippen molar-refractivity contribution in [3.8, 4) is 5.82 Å². The van der Waals surface area contributed by atoms with Gasteiger partial charge in [-0.15, -0.1) is 0 Å². The molecule has 3 aromatic heterocycles.